The van der Waals surface area contributed by atoms with Gasteiger partial charge in [-0.2, -0.15) is 0 Å². The first-order chi connectivity index (χ1) is 8.29. The molecule has 2 rings (SSSR count). The van der Waals surface area contributed by atoms with E-state index in [2.05, 4.69) is 9.97 Å². The van der Waals surface area contributed by atoms with Crippen molar-refractivity contribution < 1.29 is 9.53 Å². The first-order valence-corrected chi connectivity index (χ1v) is 6.12. The molecule has 1 aromatic heterocycles. The van der Waals surface area contributed by atoms with Crippen LogP contribution in [0, 0.1) is 0 Å². The minimum atomic E-state index is -0.337. The van der Waals surface area contributed by atoms with E-state index >= 15 is 0 Å². The summed E-state index contributed by atoms with van der Waals surface area (Å²) in [6.07, 6.45) is 1.39. The fraction of sp³-hybridized carbons (Fsp3) is 0.167. The van der Waals surface area contributed by atoms with E-state index < -0.39 is 0 Å². The smallest absolute Gasteiger partial charge is 0.331 e. The zero-order valence-electron chi connectivity index (χ0n) is 9.34. The Morgan fingerprint density at radius 3 is 3.12 bits per heavy atom. The molecular formula is C12H12N2O2S. The highest BCUT2D eigenvalue weighted by Crippen LogP contribution is 2.19. The van der Waals surface area contributed by atoms with Gasteiger partial charge in [0.25, 0.3) is 0 Å². The molecule has 0 saturated heterocycles. The van der Waals surface area contributed by atoms with Gasteiger partial charge >= 0.3 is 5.97 Å². The summed E-state index contributed by atoms with van der Waals surface area (Å²) in [5.74, 6) is -0.337. The fourth-order valence-corrected chi connectivity index (χ4v) is 1.96. The lowest BCUT2D eigenvalue weighted by Crippen LogP contribution is -1.98. The van der Waals surface area contributed by atoms with Gasteiger partial charge in [-0.25, -0.2) is 9.78 Å². The summed E-state index contributed by atoms with van der Waals surface area (Å²) in [5, 5.41) is 2.42. The summed E-state index contributed by atoms with van der Waals surface area (Å²) in [4.78, 5) is 18.6. The number of nitrogens with one attached hydrogen (secondary N) is 1. The van der Waals surface area contributed by atoms with Crippen molar-refractivity contribution >= 4 is 28.8 Å². The van der Waals surface area contributed by atoms with Crippen LogP contribution in [0.2, 0.25) is 0 Å². The van der Waals surface area contributed by atoms with E-state index in [0.29, 0.717) is 6.61 Å². The van der Waals surface area contributed by atoms with Crippen molar-refractivity contribution in [3.63, 3.8) is 0 Å². The van der Waals surface area contributed by atoms with Crippen molar-refractivity contribution in [1.29, 1.82) is 0 Å². The van der Waals surface area contributed by atoms with Crippen molar-refractivity contribution in [3.05, 3.63) is 35.7 Å². The molecule has 1 N–H and O–H groups in total. The lowest BCUT2D eigenvalue weighted by molar-refractivity contribution is -0.137. The molecule has 0 bridgehead atoms. The van der Waals surface area contributed by atoms with Gasteiger partial charge in [0, 0.05) is 6.08 Å². The quantitative estimate of drug-likeness (QED) is 0.513. The zero-order valence-corrected chi connectivity index (χ0v) is 10.2. The first kappa shape index (κ1) is 11.7. The number of esters is 1. The Hall–Kier alpha value is -1.75. The summed E-state index contributed by atoms with van der Waals surface area (Å²) >= 11 is 1.35. The molecule has 0 unspecified atom stereocenters. The second-order valence-electron chi connectivity index (χ2n) is 3.23. The summed E-state index contributed by atoms with van der Waals surface area (Å²) in [5.41, 5.74) is 1.90. The van der Waals surface area contributed by atoms with Gasteiger partial charge in [0.15, 0.2) is 5.16 Å². The molecule has 5 heteroatoms. The fourth-order valence-electron chi connectivity index (χ4n) is 1.33. The number of hydrogen-bond acceptors (Lipinski definition) is 4. The van der Waals surface area contributed by atoms with Crippen molar-refractivity contribution in [2.45, 2.75) is 12.1 Å². The molecule has 4 nitrogen and oxygen atoms in total. The molecule has 0 aliphatic carbocycles. The molecule has 0 radical (unpaired) electrons. The largest absolute Gasteiger partial charge is 0.463 e. The minimum absolute atomic E-state index is 0.337. The lowest BCUT2D eigenvalue weighted by atomic mass is 10.3. The number of aromatic nitrogens is 2. The van der Waals surface area contributed by atoms with Crippen LogP contribution in [-0.2, 0) is 9.53 Å². The molecule has 0 amide bonds. The van der Waals surface area contributed by atoms with E-state index in [1.165, 1.54) is 17.8 Å². The topological polar surface area (TPSA) is 55.0 Å². The number of carbonyl (C=O) groups is 1. The average molecular weight is 248 g/mol. The Balaban J connectivity index is 2.01. The summed E-state index contributed by atoms with van der Waals surface area (Å²) in [6.45, 7) is 2.16. The van der Waals surface area contributed by atoms with Crippen LogP contribution in [0.1, 0.15) is 6.92 Å². The SMILES string of the molecule is CCOC(=O)/C=C\Sc1nc2ccccc2[nH]1. The summed E-state index contributed by atoms with van der Waals surface area (Å²) in [6, 6.07) is 7.78. The predicted octanol–water partition coefficient (Wildman–Crippen LogP) is 2.73. The minimum Gasteiger partial charge on any atom is -0.463 e. The van der Waals surface area contributed by atoms with E-state index in [-0.39, 0.29) is 5.97 Å². The van der Waals surface area contributed by atoms with Crippen LogP contribution in [0.4, 0.5) is 0 Å². The molecule has 0 atom stereocenters. The van der Waals surface area contributed by atoms with Gasteiger partial charge in [0.2, 0.25) is 0 Å². The summed E-state index contributed by atoms with van der Waals surface area (Å²) < 4.78 is 4.77. The highest BCUT2D eigenvalue weighted by molar-refractivity contribution is 8.02. The second kappa shape index (κ2) is 5.54. The van der Waals surface area contributed by atoms with Crippen LogP contribution in [0.3, 0.4) is 0 Å². The van der Waals surface area contributed by atoms with Crippen LogP contribution in [0.25, 0.3) is 11.0 Å². The molecule has 0 saturated carbocycles. The van der Waals surface area contributed by atoms with Crippen molar-refractivity contribution in [2.75, 3.05) is 6.61 Å². The van der Waals surface area contributed by atoms with Crippen LogP contribution < -0.4 is 0 Å². The third-order valence-electron chi connectivity index (χ3n) is 2.04. The number of para-hydroxylation sites is 2. The average Bonchev–Trinajstić information content (AvgIpc) is 2.71. The van der Waals surface area contributed by atoms with E-state index in [1.54, 1.807) is 12.3 Å². The Kier molecular flexibility index (Phi) is 3.82. The Labute approximate surface area is 103 Å². The number of H-pyrrole nitrogens is 1. The van der Waals surface area contributed by atoms with E-state index in [9.17, 15) is 4.79 Å². The number of hydrogen-bond donors (Lipinski definition) is 1. The highest BCUT2D eigenvalue weighted by atomic mass is 32.2. The highest BCUT2D eigenvalue weighted by Gasteiger charge is 2.00. The van der Waals surface area contributed by atoms with Crippen LogP contribution >= 0.6 is 11.8 Å². The molecule has 88 valence electrons. The first-order valence-electron chi connectivity index (χ1n) is 5.24. The maximum Gasteiger partial charge on any atom is 0.331 e. The number of nitrogens with zero attached hydrogens (tertiary/aromatic N) is 1. The maximum atomic E-state index is 11.1. The van der Waals surface area contributed by atoms with E-state index in [1.807, 2.05) is 24.3 Å². The van der Waals surface area contributed by atoms with Gasteiger partial charge < -0.3 is 9.72 Å². The molecule has 0 spiro atoms. The molecule has 17 heavy (non-hydrogen) atoms. The van der Waals surface area contributed by atoms with Gasteiger partial charge in [-0.1, -0.05) is 23.9 Å². The van der Waals surface area contributed by atoms with Crippen LogP contribution in [-0.4, -0.2) is 22.5 Å². The number of thioether (sulfide) groups is 1. The maximum absolute atomic E-state index is 11.1. The van der Waals surface area contributed by atoms with Crippen molar-refractivity contribution in [3.8, 4) is 0 Å². The molecule has 0 aliphatic rings. The van der Waals surface area contributed by atoms with Gasteiger partial charge in [-0.05, 0) is 24.5 Å². The summed E-state index contributed by atoms with van der Waals surface area (Å²) in [7, 11) is 0. The number of aromatic amines is 1. The molecule has 1 heterocycles. The Morgan fingerprint density at radius 2 is 2.35 bits per heavy atom. The van der Waals surface area contributed by atoms with Crippen molar-refractivity contribution in [2.24, 2.45) is 0 Å². The number of imidazole rings is 1. The number of benzene rings is 1. The molecule has 1 aromatic carbocycles. The van der Waals surface area contributed by atoms with Gasteiger partial charge in [0.05, 0.1) is 17.6 Å². The molecule has 2 aromatic rings. The number of fused-ring (bicyclic) bond motifs is 1. The predicted molar refractivity (Wildman–Crippen MR) is 67.7 cm³/mol. The Morgan fingerprint density at radius 1 is 1.53 bits per heavy atom. The van der Waals surface area contributed by atoms with Crippen LogP contribution in [0.5, 0.6) is 0 Å². The number of carbonyl (C=O) groups excluding carboxylic acids is 1. The lowest BCUT2D eigenvalue weighted by Gasteiger charge is -1.93. The number of rotatable bonds is 4. The zero-order chi connectivity index (χ0) is 12.1. The van der Waals surface area contributed by atoms with E-state index in [0.717, 1.165) is 16.2 Å². The normalized spacial score (nSPS) is 11.1. The molecule has 0 fully saturated rings. The van der Waals surface area contributed by atoms with Gasteiger partial charge in [-0.3, -0.25) is 0 Å². The third-order valence-corrected chi connectivity index (χ3v) is 2.73. The third kappa shape index (κ3) is 3.10. The van der Waals surface area contributed by atoms with Crippen molar-refractivity contribution in [1.82, 2.24) is 9.97 Å². The molecule has 0 aliphatic heterocycles. The Bertz CT molecular complexity index is 515. The van der Waals surface area contributed by atoms with Gasteiger partial charge in [-0.15, -0.1) is 0 Å². The monoisotopic (exact) mass is 248 g/mol. The standard InChI is InChI=1S/C12H12N2O2S/c1-2-16-11(15)7-8-17-12-13-9-5-3-4-6-10(9)14-12/h3-8H,2H2,1H3,(H,13,14)/b8-7-. The molecular weight excluding hydrogens is 236 g/mol. The second-order valence-corrected chi connectivity index (χ2v) is 4.13. The van der Waals surface area contributed by atoms with E-state index in [4.69, 9.17) is 4.74 Å². The van der Waals surface area contributed by atoms with Crippen LogP contribution in [0.15, 0.2) is 40.9 Å². The number of ether oxygens (including phenoxy) is 1. The van der Waals surface area contributed by atoms with Gasteiger partial charge in [0.1, 0.15) is 0 Å².